The van der Waals surface area contributed by atoms with Crippen molar-refractivity contribution in [3.05, 3.63) is 129 Å². The van der Waals surface area contributed by atoms with E-state index in [1.165, 1.54) is 43.4 Å². The van der Waals surface area contributed by atoms with Gasteiger partial charge in [-0.3, -0.25) is 24.6 Å². The van der Waals surface area contributed by atoms with Crippen molar-refractivity contribution in [1.29, 1.82) is 0 Å². The molecule has 0 radical (unpaired) electrons. The third-order valence-electron chi connectivity index (χ3n) is 11.7. The molecule has 2 aliphatic heterocycles. The van der Waals surface area contributed by atoms with Crippen LogP contribution in [0.15, 0.2) is 96.6 Å². The number of halogens is 3. The van der Waals surface area contributed by atoms with Gasteiger partial charge in [-0.1, -0.05) is 65.2 Å². The number of methoxy groups -OCH3 is 2. The Morgan fingerprint density at radius 1 is 0.875 bits per heavy atom. The largest absolute Gasteiger partial charge is 0.502 e. The standard InChI is InChI=1S/C43H36Cl2FN3O7/c1-22-4-14-28(20-34(22)45)48-39(51)30-16-15-29-31(37(30)41(48)53)21-33-40(52)49(47-27-12-10-26(46)11-13-27)42(54)43(33,24-6-8-25(44)9-7-24)32(29)17-5-23-18-35(55-2)38(50)36(19-23)56-3/h4-15,17-20,30-33,37,47,50H,16,21H2,1-3H3/t30-,31+,32-,33-,37-,43-/m0/s1. The fraction of sp³-hybridized carbons (Fsp3) is 0.256. The van der Waals surface area contributed by atoms with Gasteiger partial charge >= 0.3 is 0 Å². The van der Waals surface area contributed by atoms with Crippen LogP contribution in [0.2, 0.25) is 10.0 Å². The van der Waals surface area contributed by atoms with Gasteiger partial charge in [0.05, 0.1) is 48.8 Å². The number of carbonyl (C=O) groups excluding carboxylic acids is 4. The van der Waals surface area contributed by atoms with E-state index in [1.54, 1.807) is 60.7 Å². The zero-order valence-corrected chi connectivity index (χ0v) is 32.0. The van der Waals surface area contributed by atoms with Gasteiger partial charge in [-0.15, -0.1) is 0 Å². The lowest BCUT2D eigenvalue weighted by Gasteiger charge is -2.49. The normalized spacial score (nSPS) is 25.6. The first-order valence-electron chi connectivity index (χ1n) is 18.0. The van der Waals surface area contributed by atoms with E-state index in [4.69, 9.17) is 32.7 Å². The number of allylic oxidation sites excluding steroid dienone is 3. The molecular weight excluding hydrogens is 760 g/mol. The molecular formula is C43H36Cl2FN3O7. The van der Waals surface area contributed by atoms with Gasteiger partial charge in [-0.2, -0.15) is 5.01 Å². The summed E-state index contributed by atoms with van der Waals surface area (Å²) in [5.41, 5.74) is 4.68. The molecule has 2 N–H and O–H groups in total. The minimum atomic E-state index is -1.55. The Morgan fingerprint density at radius 3 is 2.20 bits per heavy atom. The molecule has 0 aromatic heterocycles. The van der Waals surface area contributed by atoms with E-state index in [2.05, 4.69) is 5.43 Å². The van der Waals surface area contributed by atoms with E-state index in [0.717, 1.165) is 16.1 Å². The molecule has 56 heavy (non-hydrogen) atoms. The molecule has 2 saturated heterocycles. The first-order chi connectivity index (χ1) is 26.9. The van der Waals surface area contributed by atoms with Gasteiger partial charge in [0.25, 0.3) is 11.8 Å². The quantitative estimate of drug-likeness (QED) is 0.136. The van der Waals surface area contributed by atoms with Crippen LogP contribution >= 0.6 is 23.2 Å². The maximum atomic E-state index is 15.3. The Hall–Kier alpha value is -5.65. The van der Waals surface area contributed by atoms with E-state index in [1.807, 2.05) is 19.1 Å². The fourth-order valence-corrected chi connectivity index (χ4v) is 9.39. The summed E-state index contributed by atoms with van der Waals surface area (Å²) in [4.78, 5) is 59.9. The monoisotopic (exact) mass is 795 g/mol. The lowest BCUT2D eigenvalue weighted by molar-refractivity contribution is -0.139. The van der Waals surface area contributed by atoms with Gasteiger partial charge in [-0.25, -0.2) is 9.29 Å². The number of nitrogens with one attached hydrogen (secondary N) is 1. The molecule has 6 atom stereocenters. The Bertz CT molecular complexity index is 2340. The van der Waals surface area contributed by atoms with Crippen LogP contribution in [0.1, 0.15) is 29.5 Å². The summed E-state index contributed by atoms with van der Waals surface area (Å²) in [6.45, 7) is 1.83. The van der Waals surface area contributed by atoms with E-state index < -0.39 is 58.5 Å². The van der Waals surface area contributed by atoms with Gasteiger partial charge in [-0.05, 0) is 103 Å². The first-order valence-corrected chi connectivity index (χ1v) is 18.8. The fourth-order valence-electron chi connectivity index (χ4n) is 9.09. The van der Waals surface area contributed by atoms with E-state index in [-0.39, 0.29) is 36.0 Å². The molecule has 4 amide bonds. The number of phenols is 1. The average Bonchev–Trinajstić information content (AvgIpc) is 3.57. The average molecular weight is 797 g/mol. The van der Waals surface area contributed by atoms with Crippen molar-refractivity contribution < 1.29 is 38.1 Å². The van der Waals surface area contributed by atoms with Crippen molar-refractivity contribution >= 4 is 64.3 Å². The number of ether oxygens (including phenoxy) is 2. The number of fused-ring (bicyclic) bond motifs is 4. The number of hydrazine groups is 1. The van der Waals surface area contributed by atoms with Crippen LogP contribution in [0, 0.1) is 42.3 Å². The molecule has 4 aromatic carbocycles. The predicted octanol–water partition coefficient (Wildman–Crippen LogP) is 7.90. The van der Waals surface area contributed by atoms with Crippen LogP contribution in [0.25, 0.3) is 6.08 Å². The molecule has 0 spiro atoms. The van der Waals surface area contributed by atoms with Crippen molar-refractivity contribution in [2.45, 2.75) is 25.2 Å². The second-order valence-corrected chi connectivity index (χ2v) is 15.3. The minimum Gasteiger partial charge on any atom is -0.502 e. The number of phenolic OH excluding ortho intramolecular Hbond substituents is 1. The number of nitrogens with zero attached hydrogens (tertiary/aromatic N) is 2. The number of aryl methyl sites for hydroxylation is 1. The van der Waals surface area contributed by atoms with Gasteiger partial charge in [0.1, 0.15) is 5.82 Å². The lowest BCUT2D eigenvalue weighted by Crippen LogP contribution is -2.54. The number of rotatable bonds is 8. The highest BCUT2D eigenvalue weighted by atomic mass is 35.5. The van der Waals surface area contributed by atoms with Gasteiger partial charge in [0.2, 0.25) is 17.6 Å². The number of hydrogen-bond acceptors (Lipinski definition) is 8. The molecule has 13 heteroatoms. The Labute approximate surface area is 332 Å². The highest BCUT2D eigenvalue weighted by molar-refractivity contribution is 6.32. The number of aromatic hydroxyl groups is 1. The SMILES string of the molecule is COc1cc(C=C[C@H]2C3=CC[C@@H]4C(=O)N(c5ccc(C)c(Cl)c5)C(=O)[C@@H]4[C@@H]3C[C@H]3C(=O)N(Nc4ccc(F)cc4)C(=O)[C@@]23c2ccc(Cl)cc2)cc(OC)c1O. The second kappa shape index (κ2) is 14.1. The van der Waals surface area contributed by atoms with Crippen molar-refractivity contribution in [1.82, 2.24) is 5.01 Å². The van der Waals surface area contributed by atoms with Gasteiger partial charge < -0.3 is 14.6 Å². The zero-order valence-electron chi connectivity index (χ0n) is 30.5. The first kappa shape index (κ1) is 37.3. The van der Waals surface area contributed by atoms with Crippen molar-refractivity contribution in [2.24, 2.45) is 29.6 Å². The third kappa shape index (κ3) is 5.75. The predicted molar refractivity (Wildman–Crippen MR) is 209 cm³/mol. The Kier molecular flexibility index (Phi) is 9.41. The van der Waals surface area contributed by atoms with Crippen LogP contribution < -0.4 is 19.8 Å². The zero-order chi connectivity index (χ0) is 39.6. The van der Waals surface area contributed by atoms with Crippen LogP contribution in [0.4, 0.5) is 15.8 Å². The molecule has 0 unspecified atom stereocenters. The molecule has 4 aliphatic rings. The number of anilines is 2. The van der Waals surface area contributed by atoms with Crippen LogP contribution in [-0.2, 0) is 24.6 Å². The molecule has 4 aromatic rings. The van der Waals surface area contributed by atoms with Crippen LogP contribution in [0.3, 0.4) is 0 Å². The molecule has 286 valence electrons. The summed E-state index contributed by atoms with van der Waals surface area (Å²) in [6, 6.07) is 20.4. The van der Waals surface area contributed by atoms with Crippen LogP contribution in [0.5, 0.6) is 17.2 Å². The van der Waals surface area contributed by atoms with E-state index in [9.17, 15) is 23.9 Å². The van der Waals surface area contributed by atoms with Crippen molar-refractivity contribution in [2.75, 3.05) is 24.5 Å². The molecule has 2 heterocycles. The van der Waals surface area contributed by atoms with E-state index in [0.29, 0.717) is 32.5 Å². The number of hydrogen-bond donors (Lipinski definition) is 2. The second-order valence-electron chi connectivity index (χ2n) is 14.5. The summed E-state index contributed by atoms with van der Waals surface area (Å²) in [6.07, 6.45) is 5.83. The van der Waals surface area contributed by atoms with Gasteiger partial charge in [0.15, 0.2) is 11.5 Å². The molecule has 1 saturated carbocycles. The lowest BCUT2D eigenvalue weighted by atomic mass is 9.50. The van der Waals surface area contributed by atoms with E-state index >= 15 is 4.79 Å². The summed E-state index contributed by atoms with van der Waals surface area (Å²) < 4.78 is 24.7. The van der Waals surface area contributed by atoms with Crippen molar-refractivity contribution in [3.8, 4) is 17.2 Å². The summed E-state index contributed by atoms with van der Waals surface area (Å²) in [5.74, 6) is -6.19. The summed E-state index contributed by atoms with van der Waals surface area (Å²) in [5, 5.41) is 12.5. The Balaban J connectivity index is 1.31. The number of imide groups is 2. The highest BCUT2D eigenvalue weighted by Gasteiger charge is 2.69. The Morgan fingerprint density at radius 2 is 1.55 bits per heavy atom. The van der Waals surface area contributed by atoms with Crippen molar-refractivity contribution in [3.63, 3.8) is 0 Å². The smallest absolute Gasteiger partial charge is 0.260 e. The van der Waals surface area contributed by atoms with Gasteiger partial charge in [0, 0.05) is 16.0 Å². The maximum Gasteiger partial charge on any atom is 0.260 e. The third-order valence-corrected chi connectivity index (χ3v) is 12.4. The topological polar surface area (TPSA) is 125 Å². The summed E-state index contributed by atoms with van der Waals surface area (Å²) in [7, 11) is 2.83. The molecule has 10 nitrogen and oxygen atoms in total. The molecule has 0 bridgehead atoms. The molecule has 8 rings (SSSR count). The van der Waals surface area contributed by atoms with Crippen LogP contribution in [-0.4, -0.2) is 48.0 Å². The summed E-state index contributed by atoms with van der Waals surface area (Å²) >= 11 is 12.8. The number of benzene rings is 4. The molecule has 2 aliphatic carbocycles. The maximum absolute atomic E-state index is 15.3. The minimum absolute atomic E-state index is 0.0779. The molecule has 3 fully saturated rings. The number of carbonyl (C=O) groups is 4. The highest BCUT2D eigenvalue weighted by Crippen LogP contribution is 2.62. The number of amides is 4.